The van der Waals surface area contributed by atoms with Crippen molar-refractivity contribution in [2.24, 2.45) is 17.6 Å². The summed E-state index contributed by atoms with van der Waals surface area (Å²) in [5.74, 6) is -6.43. The largest absolute Gasteiger partial charge is 0.510 e. The number of nitrogens with two attached hydrogens (primary N) is 1. The second-order valence-electron chi connectivity index (χ2n) is 12.2. The Kier molecular flexibility index (Phi) is 8.78. The topological polar surface area (TPSA) is 168 Å². The van der Waals surface area contributed by atoms with Gasteiger partial charge >= 0.3 is 0 Å². The van der Waals surface area contributed by atoms with Gasteiger partial charge in [-0.15, -0.1) is 0 Å². The Hall–Kier alpha value is -3.41. The van der Waals surface area contributed by atoms with Crippen LogP contribution in [0.2, 0.25) is 0 Å². The van der Waals surface area contributed by atoms with E-state index in [-0.39, 0.29) is 29.7 Å². The number of aliphatic hydroxyl groups is 3. The molecule has 11 nitrogen and oxygen atoms in total. The summed E-state index contributed by atoms with van der Waals surface area (Å²) in [5, 5.41) is 45.9. The number of amides is 1. The molecule has 3 aliphatic rings. The molecule has 4 atom stereocenters. The van der Waals surface area contributed by atoms with Gasteiger partial charge in [-0.05, 0) is 70.4 Å². The Morgan fingerprint density at radius 1 is 1.07 bits per heavy atom. The first-order chi connectivity index (χ1) is 19.7. The monoisotopic (exact) mass is 584 g/mol. The third kappa shape index (κ3) is 4.87. The van der Waals surface area contributed by atoms with E-state index in [2.05, 4.69) is 18.7 Å². The molecule has 6 N–H and O–H groups in total. The van der Waals surface area contributed by atoms with Crippen LogP contribution in [0.4, 0.5) is 5.69 Å². The third-order valence-electron chi connectivity index (χ3n) is 9.02. The molecule has 1 aromatic rings. The standard InChI is InChI=1S/C31H44N4O7/c1-7-9-11-35(10-8-2)15-17-14-20(33(3)4)18-12-16-13-19-24(34(5)6)27(38)23(30(32)41)29(40)31(19,42)28(39)21(16)26(37)22(18)25(17)36/h14,16,19,24,36,38-39,42H,7-13,15H2,1-6H3,(H2,32,41)/t16-,19-,24?,31-/m1/s1. The molecule has 0 fully saturated rings. The van der Waals surface area contributed by atoms with Gasteiger partial charge in [-0.25, -0.2) is 0 Å². The molecule has 0 radical (unpaired) electrons. The average Bonchev–Trinajstić information content (AvgIpc) is 2.90. The van der Waals surface area contributed by atoms with Crippen LogP contribution in [-0.2, 0) is 22.6 Å². The van der Waals surface area contributed by atoms with Gasteiger partial charge < -0.3 is 31.1 Å². The number of likely N-dealkylation sites (N-methyl/N-ethyl adjacent to an activating group) is 1. The number of aliphatic hydroxyl groups excluding tert-OH is 2. The highest BCUT2D eigenvalue weighted by atomic mass is 16.3. The van der Waals surface area contributed by atoms with E-state index in [1.165, 1.54) is 0 Å². The molecule has 0 saturated heterocycles. The number of benzene rings is 1. The van der Waals surface area contributed by atoms with E-state index in [4.69, 9.17) is 5.73 Å². The lowest BCUT2D eigenvalue weighted by Crippen LogP contribution is -2.63. The van der Waals surface area contributed by atoms with Crippen molar-refractivity contribution in [3.63, 3.8) is 0 Å². The van der Waals surface area contributed by atoms with Gasteiger partial charge in [-0.2, -0.15) is 0 Å². The average molecular weight is 585 g/mol. The zero-order valence-electron chi connectivity index (χ0n) is 25.4. The second-order valence-corrected chi connectivity index (χ2v) is 12.2. The highest BCUT2D eigenvalue weighted by Gasteiger charge is 2.63. The molecule has 1 amide bonds. The summed E-state index contributed by atoms with van der Waals surface area (Å²) in [7, 11) is 6.94. The Bertz CT molecular complexity index is 1370. The third-order valence-corrected chi connectivity index (χ3v) is 9.02. The number of hydrogen-bond donors (Lipinski definition) is 5. The van der Waals surface area contributed by atoms with Crippen molar-refractivity contribution >= 4 is 23.2 Å². The number of primary amides is 1. The van der Waals surface area contributed by atoms with E-state index < -0.39 is 58.0 Å². The number of Topliss-reactive ketones (excluding diaryl/α,β-unsaturated/α-hetero) is 2. The smallest absolute Gasteiger partial charge is 0.255 e. The first kappa shape index (κ1) is 31.5. The molecule has 11 heteroatoms. The lowest BCUT2D eigenvalue weighted by atomic mass is 9.58. The molecule has 0 spiro atoms. The van der Waals surface area contributed by atoms with Crippen LogP contribution in [0.3, 0.4) is 0 Å². The molecule has 0 aliphatic heterocycles. The number of carbonyl (C=O) groups is 3. The summed E-state index contributed by atoms with van der Waals surface area (Å²) in [4.78, 5) is 45.6. The first-order valence-corrected chi connectivity index (χ1v) is 14.6. The quantitative estimate of drug-likeness (QED) is 0.257. The van der Waals surface area contributed by atoms with Gasteiger partial charge in [0.25, 0.3) is 5.91 Å². The van der Waals surface area contributed by atoms with Crippen LogP contribution in [0.5, 0.6) is 5.75 Å². The first-order valence-electron chi connectivity index (χ1n) is 14.6. The minimum atomic E-state index is -2.65. The maximum atomic E-state index is 14.2. The van der Waals surface area contributed by atoms with E-state index in [1.807, 2.05) is 25.1 Å². The maximum Gasteiger partial charge on any atom is 0.255 e. The van der Waals surface area contributed by atoms with Gasteiger partial charge in [0, 0.05) is 43.4 Å². The predicted molar refractivity (Wildman–Crippen MR) is 158 cm³/mol. The van der Waals surface area contributed by atoms with Crippen molar-refractivity contribution in [2.75, 3.05) is 46.2 Å². The van der Waals surface area contributed by atoms with Gasteiger partial charge in [0.05, 0.1) is 11.6 Å². The molecule has 4 rings (SSSR count). The van der Waals surface area contributed by atoms with Crippen LogP contribution in [0.15, 0.2) is 28.7 Å². The van der Waals surface area contributed by atoms with E-state index in [0.717, 1.165) is 38.0 Å². The number of phenols is 1. The Balaban J connectivity index is 1.90. The van der Waals surface area contributed by atoms with E-state index in [0.29, 0.717) is 17.7 Å². The fourth-order valence-electron chi connectivity index (χ4n) is 7.08. The Labute approximate surface area is 246 Å². The number of fused-ring (bicyclic) bond motifs is 3. The molecule has 0 aromatic heterocycles. The number of carbonyl (C=O) groups excluding carboxylic acids is 3. The van der Waals surface area contributed by atoms with Gasteiger partial charge in [0.2, 0.25) is 5.78 Å². The van der Waals surface area contributed by atoms with Gasteiger partial charge in [-0.3, -0.25) is 24.2 Å². The summed E-state index contributed by atoms with van der Waals surface area (Å²) < 4.78 is 0. The fourth-order valence-corrected chi connectivity index (χ4v) is 7.08. The molecule has 1 unspecified atom stereocenters. The molecule has 42 heavy (non-hydrogen) atoms. The molecular formula is C31H44N4O7. The number of anilines is 1. The summed E-state index contributed by atoms with van der Waals surface area (Å²) in [6.07, 6.45) is 3.25. The zero-order chi connectivity index (χ0) is 31.3. The molecule has 0 saturated carbocycles. The Morgan fingerprint density at radius 3 is 2.29 bits per heavy atom. The van der Waals surface area contributed by atoms with Crippen molar-refractivity contribution in [3.8, 4) is 5.75 Å². The van der Waals surface area contributed by atoms with Crippen LogP contribution in [0, 0.1) is 11.8 Å². The molecule has 230 valence electrons. The number of phenolic OH excluding ortho intramolecular Hbond substituents is 1. The number of rotatable bonds is 10. The zero-order valence-corrected chi connectivity index (χ0v) is 25.4. The molecule has 1 aromatic carbocycles. The predicted octanol–water partition coefficient (Wildman–Crippen LogP) is 2.20. The fraction of sp³-hybridized carbons (Fsp3) is 0.581. The van der Waals surface area contributed by atoms with Gasteiger partial charge in [0.15, 0.2) is 11.4 Å². The van der Waals surface area contributed by atoms with Gasteiger partial charge in [0.1, 0.15) is 22.8 Å². The lowest BCUT2D eigenvalue weighted by molar-refractivity contribution is -0.148. The van der Waals surface area contributed by atoms with E-state index >= 15 is 0 Å². The lowest BCUT2D eigenvalue weighted by Gasteiger charge is -2.50. The molecular weight excluding hydrogens is 540 g/mol. The van der Waals surface area contributed by atoms with Gasteiger partial charge in [-0.1, -0.05) is 20.3 Å². The number of allylic oxidation sites excluding steroid dienone is 1. The summed E-state index contributed by atoms with van der Waals surface area (Å²) in [5.41, 5.74) is 3.81. The van der Waals surface area contributed by atoms with Crippen molar-refractivity contribution in [2.45, 2.75) is 64.1 Å². The van der Waals surface area contributed by atoms with Crippen LogP contribution in [0.25, 0.3) is 0 Å². The highest BCUT2D eigenvalue weighted by Crippen LogP contribution is 2.53. The van der Waals surface area contributed by atoms with Crippen LogP contribution in [0.1, 0.15) is 61.0 Å². The summed E-state index contributed by atoms with van der Waals surface area (Å²) >= 11 is 0. The highest BCUT2D eigenvalue weighted by molar-refractivity contribution is 6.24. The number of aromatic hydroxyl groups is 1. The van der Waals surface area contributed by atoms with Crippen molar-refractivity contribution in [1.82, 2.24) is 9.80 Å². The number of hydrogen-bond acceptors (Lipinski definition) is 10. The van der Waals surface area contributed by atoms with E-state index in [1.54, 1.807) is 19.0 Å². The Morgan fingerprint density at radius 2 is 1.74 bits per heavy atom. The van der Waals surface area contributed by atoms with Crippen LogP contribution >= 0.6 is 0 Å². The second kappa shape index (κ2) is 11.7. The van der Waals surface area contributed by atoms with Crippen molar-refractivity contribution < 1.29 is 34.8 Å². The normalized spacial score (nSPS) is 25.6. The number of nitrogens with zero attached hydrogens (tertiary/aromatic N) is 3. The minimum Gasteiger partial charge on any atom is -0.510 e. The number of unbranched alkanes of at least 4 members (excludes halogenated alkanes) is 1. The molecule has 0 heterocycles. The van der Waals surface area contributed by atoms with Crippen LogP contribution in [-0.4, -0.2) is 101 Å². The van der Waals surface area contributed by atoms with Crippen molar-refractivity contribution in [1.29, 1.82) is 0 Å². The number of ketones is 2. The SMILES string of the molecule is CCCCN(CCC)Cc1cc(N(C)C)c2c(c1O)C(=O)C1=C(O)[C@@]3(O)C(=O)C(C(N)=O)=C(O)C(N(C)C)[C@H]3C[C@H]1C2. The molecule has 3 aliphatic carbocycles. The minimum absolute atomic E-state index is 0.0453. The maximum absolute atomic E-state index is 14.2. The van der Waals surface area contributed by atoms with E-state index in [9.17, 15) is 34.8 Å². The van der Waals surface area contributed by atoms with Crippen LogP contribution < -0.4 is 10.6 Å². The summed E-state index contributed by atoms with van der Waals surface area (Å²) in [6.45, 7) is 6.29. The molecule has 0 bridgehead atoms. The summed E-state index contributed by atoms with van der Waals surface area (Å²) in [6, 6.07) is 0.886. The van der Waals surface area contributed by atoms with Crippen molar-refractivity contribution in [3.05, 3.63) is 45.4 Å².